The highest BCUT2D eigenvalue weighted by molar-refractivity contribution is 5.82. The van der Waals surface area contributed by atoms with Crippen molar-refractivity contribution in [1.82, 2.24) is 5.32 Å². The molecule has 0 heterocycles. The van der Waals surface area contributed by atoms with Gasteiger partial charge in [0.1, 0.15) is 0 Å². The van der Waals surface area contributed by atoms with E-state index in [2.05, 4.69) is 56.9 Å². The van der Waals surface area contributed by atoms with Crippen LogP contribution in [0, 0.1) is 10.8 Å². The van der Waals surface area contributed by atoms with Crippen LogP contribution in [0.2, 0.25) is 0 Å². The Labute approximate surface area is 158 Å². The third-order valence-electron chi connectivity index (χ3n) is 5.49. The summed E-state index contributed by atoms with van der Waals surface area (Å²) < 4.78 is 0. The third-order valence-corrected chi connectivity index (χ3v) is 5.49. The first-order chi connectivity index (χ1) is 11.6. The maximum atomic E-state index is 12.5. The van der Waals surface area contributed by atoms with Crippen molar-refractivity contribution in [2.45, 2.75) is 79.7 Å². The second-order valence-electron chi connectivity index (χ2n) is 10.0. The molecule has 144 valence electrons. The summed E-state index contributed by atoms with van der Waals surface area (Å²) in [5.74, 6) is 0.0621. The van der Waals surface area contributed by atoms with Crippen molar-refractivity contribution in [3.8, 4) is 0 Å². The largest absolute Gasteiger partial charge is 0.350 e. The van der Waals surface area contributed by atoms with Gasteiger partial charge in [-0.2, -0.15) is 0 Å². The van der Waals surface area contributed by atoms with Crippen molar-refractivity contribution >= 4 is 11.6 Å². The van der Waals surface area contributed by atoms with Crippen LogP contribution in [0.3, 0.4) is 0 Å². The Hall–Kier alpha value is -2.00. The molecule has 0 aliphatic carbocycles. The molecule has 0 spiro atoms. The molecular weight excluding hydrogens is 324 g/mol. The molecule has 5 nitrogen and oxygen atoms in total. The van der Waals surface area contributed by atoms with Crippen LogP contribution in [0.1, 0.15) is 74.3 Å². The number of hydrogen-bond donors (Lipinski definition) is 1. The molecule has 0 aliphatic heterocycles. The lowest BCUT2D eigenvalue weighted by Gasteiger charge is -2.47. The summed E-state index contributed by atoms with van der Waals surface area (Å²) in [6.07, 6.45) is 0.887. The number of carbonyl (C=O) groups excluding carboxylic acids is 1. The Kier molecular flexibility index (Phi) is 6.20. The first-order valence-corrected chi connectivity index (χ1v) is 9.11. The fraction of sp³-hybridized carbons (Fsp3) is 0.667. The normalized spacial score (nSPS) is 13.1. The van der Waals surface area contributed by atoms with Crippen LogP contribution < -0.4 is 5.32 Å². The third kappa shape index (κ3) is 5.25. The second kappa shape index (κ2) is 7.32. The summed E-state index contributed by atoms with van der Waals surface area (Å²) in [7, 11) is 0. The van der Waals surface area contributed by atoms with Gasteiger partial charge in [-0.1, -0.05) is 77.8 Å². The van der Waals surface area contributed by atoms with Crippen molar-refractivity contribution < 1.29 is 4.79 Å². The zero-order chi connectivity index (χ0) is 20.4. The first-order valence-electron chi connectivity index (χ1n) is 9.11. The van der Waals surface area contributed by atoms with Gasteiger partial charge >= 0.3 is 0 Å². The molecule has 26 heavy (non-hydrogen) atoms. The molecule has 1 aromatic carbocycles. The maximum absolute atomic E-state index is 12.5. The molecule has 1 aromatic rings. The molecule has 1 amide bonds. The van der Waals surface area contributed by atoms with Crippen LogP contribution in [-0.2, 0) is 10.2 Å². The quantitative estimate of drug-likeness (QED) is 0.363. The van der Waals surface area contributed by atoms with Crippen molar-refractivity contribution in [1.29, 1.82) is 0 Å². The first kappa shape index (κ1) is 22.0. The summed E-state index contributed by atoms with van der Waals surface area (Å²) in [6, 6.07) is 7.72. The predicted octanol–water partition coefficient (Wildman–Crippen LogP) is 6.26. The molecule has 0 radical (unpaired) electrons. The number of carbonyl (C=O) groups is 1. The van der Waals surface area contributed by atoms with Gasteiger partial charge in [-0.05, 0) is 42.2 Å². The van der Waals surface area contributed by atoms with E-state index < -0.39 is 5.41 Å². The molecular formula is C21H34N4O. The zero-order valence-corrected chi connectivity index (χ0v) is 17.8. The Morgan fingerprint density at radius 1 is 1.00 bits per heavy atom. The van der Waals surface area contributed by atoms with Crippen LogP contribution in [-0.4, -0.2) is 11.4 Å². The van der Waals surface area contributed by atoms with E-state index in [9.17, 15) is 4.79 Å². The van der Waals surface area contributed by atoms with Crippen molar-refractivity contribution in [3.05, 3.63) is 40.3 Å². The van der Waals surface area contributed by atoms with Gasteiger partial charge in [0, 0.05) is 21.6 Å². The number of azide groups is 1. The molecule has 0 aromatic heterocycles. The molecule has 0 unspecified atom stereocenters. The minimum Gasteiger partial charge on any atom is -0.350 e. The molecule has 0 aliphatic rings. The highest BCUT2D eigenvalue weighted by Crippen LogP contribution is 2.43. The van der Waals surface area contributed by atoms with Gasteiger partial charge < -0.3 is 5.32 Å². The van der Waals surface area contributed by atoms with Crippen LogP contribution in [0.15, 0.2) is 29.4 Å². The summed E-state index contributed by atoms with van der Waals surface area (Å²) in [6.45, 7) is 18.8. The van der Waals surface area contributed by atoms with E-state index in [1.54, 1.807) is 0 Å². The molecule has 1 N–H and O–H groups in total. The predicted molar refractivity (Wildman–Crippen MR) is 108 cm³/mol. The molecule has 0 saturated heterocycles. The van der Waals surface area contributed by atoms with E-state index in [4.69, 9.17) is 5.53 Å². The van der Waals surface area contributed by atoms with E-state index in [0.29, 0.717) is 5.69 Å². The lowest BCUT2D eigenvalue weighted by atomic mass is 9.63. The lowest BCUT2D eigenvalue weighted by molar-refractivity contribution is -0.131. The number of rotatable bonds is 6. The van der Waals surface area contributed by atoms with E-state index in [1.165, 1.54) is 5.56 Å². The van der Waals surface area contributed by atoms with Crippen LogP contribution in [0.4, 0.5) is 5.69 Å². The van der Waals surface area contributed by atoms with Crippen LogP contribution in [0.25, 0.3) is 10.4 Å². The molecule has 0 saturated carbocycles. The number of nitrogens with one attached hydrogen (secondary N) is 1. The molecule has 0 bridgehead atoms. The average molecular weight is 359 g/mol. The monoisotopic (exact) mass is 358 g/mol. The Bertz CT molecular complexity index is 688. The van der Waals surface area contributed by atoms with Gasteiger partial charge in [0.05, 0.1) is 0 Å². The Morgan fingerprint density at radius 3 is 1.92 bits per heavy atom. The van der Waals surface area contributed by atoms with Gasteiger partial charge in [0.2, 0.25) is 5.91 Å². The Balaban J connectivity index is 3.04. The van der Waals surface area contributed by atoms with Gasteiger partial charge in [-0.25, -0.2) is 0 Å². The Morgan fingerprint density at radius 2 is 1.50 bits per heavy atom. The van der Waals surface area contributed by atoms with Gasteiger partial charge in [0.25, 0.3) is 0 Å². The molecule has 0 fully saturated rings. The summed E-state index contributed by atoms with van der Waals surface area (Å²) in [5, 5.41) is 6.87. The SMILES string of the molecule is CC(C)(C)C(=O)NC(C)(C)C(C)(C)CC(C)(C)c1ccc(N=[N+]=[N-])cc1. The number of benzene rings is 1. The van der Waals surface area contributed by atoms with Gasteiger partial charge in [-0.15, -0.1) is 0 Å². The topological polar surface area (TPSA) is 77.9 Å². The zero-order valence-electron chi connectivity index (χ0n) is 17.8. The number of hydrogen-bond acceptors (Lipinski definition) is 2. The van der Waals surface area contributed by atoms with E-state index >= 15 is 0 Å². The maximum Gasteiger partial charge on any atom is 0.225 e. The smallest absolute Gasteiger partial charge is 0.225 e. The molecule has 5 heteroatoms. The minimum absolute atomic E-state index is 0.0621. The van der Waals surface area contributed by atoms with Crippen LogP contribution >= 0.6 is 0 Å². The summed E-state index contributed by atoms with van der Waals surface area (Å²) in [4.78, 5) is 15.3. The fourth-order valence-electron chi connectivity index (χ4n) is 3.10. The van der Waals surface area contributed by atoms with Gasteiger partial charge in [0.15, 0.2) is 0 Å². The van der Waals surface area contributed by atoms with Crippen LogP contribution in [0.5, 0.6) is 0 Å². The second-order valence-corrected chi connectivity index (χ2v) is 10.0. The highest BCUT2D eigenvalue weighted by atomic mass is 16.2. The number of amides is 1. The lowest BCUT2D eigenvalue weighted by Crippen LogP contribution is -2.57. The van der Waals surface area contributed by atoms with E-state index in [-0.39, 0.29) is 22.3 Å². The standard InChI is InChI=1S/C21H34N4O/c1-18(2,3)17(26)23-21(8,9)20(6,7)14-19(4,5)15-10-12-16(13-11-15)24-25-22/h10-13H,14H2,1-9H3,(H,23,26). The summed E-state index contributed by atoms with van der Waals surface area (Å²) >= 11 is 0. The van der Waals surface area contributed by atoms with Crippen molar-refractivity contribution in [2.24, 2.45) is 15.9 Å². The molecule has 1 rings (SSSR count). The number of nitrogens with zero attached hydrogens (tertiary/aromatic N) is 3. The van der Waals surface area contributed by atoms with Gasteiger partial charge in [-0.3, -0.25) is 4.79 Å². The van der Waals surface area contributed by atoms with Crippen molar-refractivity contribution in [3.63, 3.8) is 0 Å². The molecule has 0 atom stereocenters. The average Bonchev–Trinajstić information content (AvgIpc) is 2.45. The minimum atomic E-state index is -0.417. The van der Waals surface area contributed by atoms with Crippen molar-refractivity contribution in [2.75, 3.05) is 0 Å². The summed E-state index contributed by atoms with van der Waals surface area (Å²) in [5.41, 5.74) is 9.33. The fourth-order valence-corrected chi connectivity index (χ4v) is 3.10. The van der Waals surface area contributed by atoms with E-state index in [0.717, 1.165) is 6.42 Å². The highest BCUT2D eigenvalue weighted by Gasteiger charge is 2.43. The van der Waals surface area contributed by atoms with E-state index in [1.807, 2.05) is 45.0 Å².